The summed E-state index contributed by atoms with van der Waals surface area (Å²) in [6.07, 6.45) is 3.27. The van der Waals surface area contributed by atoms with Gasteiger partial charge in [-0.15, -0.1) is 0 Å². The number of carbonyl (C=O) groups excluding carboxylic acids is 2. The fraction of sp³-hybridized carbons (Fsp3) is 0.400. The Hall–Kier alpha value is -2.39. The molecule has 6 nitrogen and oxygen atoms in total. The molecule has 6 heteroatoms. The molecule has 0 saturated heterocycles. The van der Waals surface area contributed by atoms with Gasteiger partial charge in [0.05, 0.1) is 18.8 Å². The Morgan fingerprint density at radius 2 is 2.24 bits per heavy atom. The van der Waals surface area contributed by atoms with Crippen molar-refractivity contribution >= 4 is 11.9 Å². The number of hydrogen-bond donors (Lipinski definition) is 2. The second-order valence-electron chi connectivity index (χ2n) is 4.18. The van der Waals surface area contributed by atoms with Crippen LogP contribution in [-0.2, 0) is 9.53 Å². The summed E-state index contributed by atoms with van der Waals surface area (Å²) < 4.78 is 4.81. The summed E-state index contributed by atoms with van der Waals surface area (Å²) in [5, 5.41) is 11.2. The molecular formula is C15H18N2O4. The van der Waals surface area contributed by atoms with Crippen molar-refractivity contribution in [2.24, 2.45) is 0 Å². The van der Waals surface area contributed by atoms with Gasteiger partial charge in [0.1, 0.15) is 6.04 Å². The molecule has 0 radical (unpaired) electrons. The highest BCUT2D eigenvalue weighted by atomic mass is 16.5. The van der Waals surface area contributed by atoms with E-state index in [1.807, 2.05) is 0 Å². The number of rotatable bonds is 5. The molecule has 0 aliphatic rings. The summed E-state index contributed by atoms with van der Waals surface area (Å²) in [6.45, 7) is 3.49. The predicted molar refractivity (Wildman–Crippen MR) is 76.4 cm³/mol. The van der Waals surface area contributed by atoms with E-state index >= 15 is 0 Å². The highest BCUT2D eigenvalue weighted by Crippen LogP contribution is 2.02. The Balaban J connectivity index is 2.73. The highest BCUT2D eigenvalue weighted by molar-refractivity contribution is 5.96. The Labute approximate surface area is 123 Å². The molecule has 1 atom stereocenters. The second-order valence-corrected chi connectivity index (χ2v) is 4.18. The lowest BCUT2D eigenvalue weighted by atomic mass is 10.2. The minimum absolute atomic E-state index is 0.0162. The molecule has 0 bridgehead atoms. The van der Waals surface area contributed by atoms with Gasteiger partial charge in [0, 0.05) is 24.4 Å². The van der Waals surface area contributed by atoms with Crippen LogP contribution < -0.4 is 5.32 Å². The van der Waals surface area contributed by atoms with Crippen LogP contribution in [0.3, 0.4) is 0 Å². The van der Waals surface area contributed by atoms with Crippen molar-refractivity contribution in [3.8, 4) is 11.8 Å². The maximum atomic E-state index is 12.0. The van der Waals surface area contributed by atoms with E-state index in [4.69, 9.17) is 9.84 Å². The van der Waals surface area contributed by atoms with E-state index in [1.54, 1.807) is 19.9 Å². The van der Waals surface area contributed by atoms with E-state index in [0.29, 0.717) is 17.5 Å². The number of aliphatic hydroxyl groups excluding tert-OH is 1. The van der Waals surface area contributed by atoms with Crippen molar-refractivity contribution in [2.75, 3.05) is 13.2 Å². The van der Waals surface area contributed by atoms with Gasteiger partial charge in [-0.3, -0.25) is 9.78 Å². The Kier molecular flexibility index (Phi) is 6.92. The number of hydrogen-bond acceptors (Lipinski definition) is 5. The largest absolute Gasteiger partial charge is 0.464 e. The summed E-state index contributed by atoms with van der Waals surface area (Å²) >= 11 is 0. The third kappa shape index (κ3) is 5.63. The first kappa shape index (κ1) is 16.7. The molecule has 1 unspecified atom stereocenters. The number of ether oxygens (including phenoxy) is 1. The van der Waals surface area contributed by atoms with Gasteiger partial charge in [-0.25, -0.2) is 4.79 Å². The van der Waals surface area contributed by atoms with Gasteiger partial charge in [-0.2, -0.15) is 0 Å². The van der Waals surface area contributed by atoms with Crippen LogP contribution in [0.25, 0.3) is 0 Å². The smallest absolute Gasteiger partial charge is 0.328 e. The molecule has 112 valence electrons. The molecule has 0 saturated carbocycles. The van der Waals surface area contributed by atoms with Gasteiger partial charge < -0.3 is 15.2 Å². The van der Waals surface area contributed by atoms with E-state index in [0.717, 1.165) is 0 Å². The van der Waals surface area contributed by atoms with E-state index in [9.17, 15) is 9.59 Å². The quantitative estimate of drug-likeness (QED) is 0.609. The van der Waals surface area contributed by atoms with E-state index in [-0.39, 0.29) is 13.2 Å². The maximum absolute atomic E-state index is 12.0. The molecule has 0 aliphatic heterocycles. The number of pyridine rings is 1. The number of carbonyl (C=O) groups is 2. The number of aliphatic hydroxyl groups is 1. The van der Waals surface area contributed by atoms with Crippen molar-refractivity contribution in [2.45, 2.75) is 26.3 Å². The van der Waals surface area contributed by atoms with Gasteiger partial charge in [-0.1, -0.05) is 11.8 Å². The average molecular weight is 290 g/mol. The van der Waals surface area contributed by atoms with Crippen LogP contribution in [0.15, 0.2) is 18.5 Å². The zero-order chi connectivity index (χ0) is 15.7. The lowest BCUT2D eigenvalue weighted by Crippen LogP contribution is -2.39. The van der Waals surface area contributed by atoms with Gasteiger partial charge in [-0.05, 0) is 19.9 Å². The normalized spacial score (nSPS) is 11.0. The number of esters is 1. The van der Waals surface area contributed by atoms with E-state index in [1.165, 1.54) is 12.4 Å². The van der Waals surface area contributed by atoms with Crippen LogP contribution >= 0.6 is 0 Å². The van der Waals surface area contributed by atoms with Crippen molar-refractivity contribution in [3.05, 3.63) is 29.6 Å². The number of nitrogens with one attached hydrogen (secondary N) is 1. The average Bonchev–Trinajstić information content (AvgIpc) is 2.48. The van der Waals surface area contributed by atoms with Crippen molar-refractivity contribution < 1.29 is 19.4 Å². The third-order valence-electron chi connectivity index (χ3n) is 2.46. The van der Waals surface area contributed by atoms with Crippen molar-refractivity contribution in [1.29, 1.82) is 0 Å². The number of nitrogens with zero attached hydrogens (tertiary/aromatic N) is 1. The van der Waals surface area contributed by atoms with Gasteiger partial charge in [0.25, 0.3) is 5.91 Å². The standard InChI is InChI=1S/C15H18N2O4/c1-3-21-15(20)11(2)17-14(19)13-8-12(9-16-10-13)6-4-5-7-18/h8-11,18H,3,5,7H2,1-2H3,(H,17,19). The van der Waals surface area contributed by atoms with Crippen LogP contribution in [0.5, 0.6) is 0 Å². The zero-order valence-corrected chi connectivity index (χ0v) is 12.0. The molecule has 0 fully saturated rings. The first-order valence-electron chi connectivity index (χ1n) is 6.60. The van der Waals surface area contributed by atoms with E-state index in [2.05, 4.69) is 22.1 Å². The van der Waals surface area contributed by atoms with Crippen LogP contribution in [0.2, 0.25) is 0 Å². The molecule has 1 heterocycles. The number of amides is 1. The third-order valence-corrected chi connectivity index (χ3v) is 2.46. The Morgan fingerprint density at radius 3 is 2.90 bits per heavy atom. The van der Waals surface area contributed by atoms with Crippen molar-refractivity contribution in [3.63, 3.8) is 0 Å². The highest BCUT2D eigenvalue weighted by Gasteiger charge is 2.17. The SMILES string of the molecule is CCOC(=O)C(C)NC(=O)c1cncc(C#CCCO)c1. The van der Waals surface area contributed by atoms with Crippen LogP contribution in [0.4, 0.5) is 0 Å². The molecule has 0 aliphatic carbocycles. The minimum Gasteiger partial charge on any atom is -0.464 e. The van der Waals surface area contributed by atoms with Crippen molar-refractivity contribution in [1.82, 2.24) is 10.3 Å². The Bertz CT molecular complexity index is 560. The molecule has 1 aromatic rings. The molecule has 0 spiro atoms. The molecule has 1 rings (SSSR count). The van der Waals surface area contributed by atoms with Crippen LogP contribution in [0, 0.1) is 11.8 Å². The molecule has 1 amide bonds. The summed E-state index contributed by atoms with van der Waals surface area (Å²) in [4.78, 5) is 27.4. The second kappa shape index (κ2) is 8.72. The first-order chi connectivity index (χ1) is 10.1. The van der Waals surface area contributed by atoms with Gasteiger partial charge >= 0.3 is 5.97 Å². The molecule has 0 aromatic carbocycles. The first-order valence-corrected chi connectivity index (χ1v) is 6.60. The fourth-order valence-corrected chi connectivity index (χ4v) is 1.46. The van der Waals surface area contributed by atoms with Gasteiger partial charge in [0.15, 0.2) is 0 Å². The maximum Gasteiger partial charge on any atom is 0.328 e. The Morgan fingerprint density at radius 1 is 1.48 bits per heavy atom. The molecule has 21 heavy (non-hydrogen) atoms. The topological polar surface area (TPSA) is 88.5 Å². The summed E-state index contributed by atoms with van der Waals surface area (Å²) in [7, 11) is 0. The molecule has 1 aromatic heterocycles. The van der Waals surface area contributed by atoms with Gasteiger partial charge in [0.2, 0.25) is 0 Å². The summed E-state index contributed by atoms with van der Waals surface area (Å²) in [6, 6.07) is 0.839. The fourth-order valence-electron chi connectivity index (χ4n) is 1.46. The van der Waals surface area contributed by atoms with E-state index < -0.39 is 17.9 Å². The predicted octanol–water partition coefficient (Wildman–Crippen LogP) is 0.497. The lowest BCUT2D eigenvalue weighted by molar-refractivity contribution is -0.144. The molecular weight excluding hydrogens is 272 g/mol. The summed E-state index contributed by atoms with van der Waals surface area (Å²) in [5.74, 6) is 4.63. The monoisotopic (exact) mass is 290 g/mol. The number of aromatic nitrogens is 1. The summed E-state index contributed by atoms with van der Waals surface area (Å²) in [5.41, 5.74) is 0.877. The lowest BCUT2D eigenvalue weighted by Gasteiger charge is -2.12. The minimum atomic E-state index is -0.735. The zero-order valence-electron chi connectivity index (χ0n) is 12.0. The van der Waals surface area contributed by atoms with Crippen LogP contribution in [-0.4, -0.2) is 41.2 Å². The van der Waals surface area contributed by atoms with Crippen LogP contribution in [0.1, 0.15) is 36.2 Å². The molecule has 2 N–H and O–H groups in total.